The molecule has 9 heteroatoms. The van der Waals surface area contributed by atoms with E-state index in [4.69, 9.17) is 16.6 Å². The second kappa shape index (κ2) is 9.55. The van der Waals surface area contributed by atoms with E-state index in [0.717, 1.165) is 45.3 Å². The maximum Gasteiger partial charge on any atom is 0.317 e. The lowest BCUT2D eigenvalue weighted by Gasteiger charge is -2.37. The van der Waals surface area contributed by atoms with Crippen LogP contribution in [0.3, 0.4) is 0 Å². The van der Waals surface area contributed by atoms with Crippen molar-refractivity contribution in [3.8, 4) is 0 Å². The van der Waals surface area contributed by atoms with Gasteiger partial charge in [0.25, 0.3) is 0 Å². The summed E-state index contributed by atoms with van der Waals surface area (Å²) < 4.78 is 2.03. The molecule has 3 heterocycles. The molecule has 3 aliphatic rings. The largest absolute Gasteiger partial charge is 0.341 e. The average Bonchev–Trinajstić information content (AvgIpc) is 3.11. The standard InChI is InChI=1S/C24H25Br2ClN4O2/c25-17-9-16-2-1-15-10-18(27)11-19(26)21(15)22(23(16)29-12-17)14-3-6-30(7-4-14)20(32)13-31-8-5-28-24(31)33/h9-12,14,22H,1-8,13H2,(H,28,33). The van der Waals surface area contributed by atoms with Gasteiger partial charge in [0.1, 0.15) is 6.54 Å². The van der Waals surface area contributed by atoms with Crippen LogP contribution in [0.1, 0.15) is 41.1 Å². The summed E-state index contributed by atoms with van der Waals surface area (Å²) in [6.45, 7) is 2.75. The number of rotatable bonds is 3. The van der Waals surface area contributed by atoms with Crippen molar-refractivity contribution >= 4 is 55.4 Å². The van der Waals surface area contributed by atoms with Crippen molar-refractivity contribution in [3.63, 3.8) is 0 Å². The van der Waals surface area contributed by atoms with Crippen LogP contribution in [-0.4, -0.2) is 59.4 Å². The maximum atomic E-state index is 12.8. The van der Waals surface area contributed by atoms with Crippen molar-refractivity contribution in [1.82, 2.24) is 20.1 Å². The Balaban J connectivity index is 1.40. The first-order valence-corrected chi connectivity index (χ1v) is 13.3. The molecular formula is C24H25Br2ClN4O2. The van der Waals surface area contributed by atoms with E-state index < -0.39 is 0 Å². The third-order valence-corrected chi connectivity index (χ3v) is 8.36. The quantitative estimate of drug-likeness (QED) is 0.556. The molecule has 0 saturated carbocycles. The molecule has 2 aromatic rings. The number of benzene rings is 1. The third kappa shape index (κ3) is 4.66. The first kappa shape index (κ1) is 23.1. The number of aromatic nitrogens is 1. The van der Waals surface area contributed by atoms with Gasteiger partial charge in [-0.05, 0) is 82.4 Å². The Hall–Kier alpha value is -1.64. The van der Waals surface area contributed by atoms with Gasteiger partial charge in [0.15, 0.2) is 0 Å². The highest BCUT2D eigenvalue weighted by atomic mass is 79.9. The number of pyridine rings is 1. The second-order valence-corrected chi connectivity index (χ2v) is 11.2. The predicted molar refractivity (Wildman–Crippen MR) is 135 cm³/mol. The smallest absolute Gasteiger partial charge is 0.317 e. The van der Waals surface area contributed by atoms with E-state index in [1.807, 2.05) is 17.2 Å². The van der Waals surface area contributed by atoms with Gasteiger partial charge < -0.3 is 15.1 Å². The van der Waals surface area contributed by atoms with Gasteiger partial charge in [-0.1, -0.05) is 27.5 Å². The summed E-state index contributed by atoms with van der Waals surface area (Å²) in [4.78, 5) is 33.0. The van der Waals surface area contributed by atoms with Crippen molar-refractivity contribution in [2.24, 2.45) is 5.92 Å². The minimum absolute atomic E-state index is 0.0298. The molecule has 6 nitrogen and oxygen atoms in total. The minimum Gasteiger partial charge on any atom is -0.341 e. The number of likely N-dealkylation sites (tertiary alicyclic amines) is 1. The number of aryl methyl sites for hydroxylation is 2. The van der Waals surface area contributed by atoms with Crippen LogP contribution in [-0.2, 0) is 17.6 Å². The Kier molecular flexibility index (Phi) is 6.69. The fourth-order valence-electron chi connectivity index (χ4n) is 5.44. The summed E-state index contributed by atoms with van der Waals surface area (Å²) in [5, 5.41) is 3.50. The molecule has 1 N–H and O–H groups in total. The van der Waals surface area contributed by atoms with Crippen LogP contribution in [0.2, 0.25) is 5.02 Å². The van der Waals surface area contributed by atoms with Crippen LogP contribution in [0.4, 0.5) is 4.79 Å². The average molecular weight is 597 g/mol. The van der Waals surface area contributed by atoms with Crippen molar-refractivity contribution < 1.29 is 9.59 Å². The van der Waals surface area contributed by atoms with Gasteiger partial charge in [0, 0.05) is 52.3 Å². The lowest BCUT2D eigenvalue weighted by molar-refractivity contribution is -0.133. The van der Waals surface area contributed by atoms with Crippen LogP contribution < -0.4 is 5.32 Å². The number of urea groups is 1. The summed E-state index contributed by atoms with van der Waals surface area (Å²) in [6.07, 6.45) is 5.53. The lowest BCUT2D eigenvalue weighted by atomic mass is 9.76. The highest BCUT2D eigenvalue weighted by Gasteiger charge is 2.36. The first-order valence-electron chi connectivity index (χ1n) is 11.3. The summed E-state index contributed by atoms with van der Waals surface area (Å²) in [5.74, 6) is 0.548. The molecule has 1 aromatic heterocycles. The number of carbonyl (C=O) groups excluding carboxylic acids is 2. The van der Waals surface area contributed by atoms with Gasteiger partial charge in [-0.15, -0.1) is 0 Å². The molecule has 174 valence electrons. The molecule has 1 atom stereocenters. The molecule has 3 amide bonds. The lowest BCUT2D eigenvalue weighted by Crippen LogP contribution is -2.45. The number of nitrogens with zero attached hydrogens (tertiary/aromatic N) is 3. The van der Waals surface area contributed by atoms with Crippen molar-refractivity contribution in [2.45, 2.75) is 31.6 Å². The molecular weight excluding hydrogens is 572 g/mol. The number of halogens is 3. The fraction of sp³-hybridized carbons (Fsp3) is 0.458. The SMILES string of the molecule is O=C(CN1CCNC1=O)N1CCC(C2c3ncc(Br)cc3CCc3cc(Cl)cc(Br)c32)CC1. The fourth-order valence-corrected chi connectivity index (χ4v) is 6.94. The van der Waals surface area contributed by atoms with E-state index in [1.165, 1.54) is 16.7 Å². The zero-order valence-electron chi connectivity index (χ0n) is 18.1. The molecule has 2 saturated heterocycles. The third-order valence-electron chi connectivity index (χ3n) is 7.05. The monoisotopic (exact) mass is 594 g/mol. The summed E-state index contributed by atoms with van der Waals surface area (Å²) in [7, 11) is 0. The van der Waals surface area contributed by atoms with Crippen LogP contribution in [0.25, 0.3) is 0 Å². The topological polar surface area (TPSA) is 65.5 Å². The summed E-state index contributed by atoms with van der Waals surface area (Å²) >= 11 is 13.8. The van der Waals surface area contributed by atoms with Crippen molar-refractivity contribution in [3.05, 3.63) is 60.7 Å². The van der Waals surface area contributed by atoms with Crippen LogP contribution in [0.5, 0.6) is 0 Å². The van der Waals surface area contributed by atoms with Crippen LogP contribution >= 0.6 is 43.5 Å². The van der Waals surface area contributed by atoms with E-state index in [9.17, 15) is 9.59 Å². The number of nitrogens with one attached hydrogen (secondary N) is 1. The molecule has 5 rings (SSSR count). The van der Waals surface area contributed by atoms with E-state index >= 15 is 0 Å². The maximum absolute atomic E-state index is 12.8. The van der Waals surface area contributed by atoms with E-state index in [1.54, 1.807) is 4.90 Å². The molecule has 1 aliphatic carbocycles. The van der Waals surface area contributed by atoms with Gasteiger partial charge in [0.05, 0.1) is 5.69 Å². The van der Waals surface area contributed by atoms with Gasteiger partial charge in [-0.2, -0.15) is 0 Å². The molecule has 2 aliphatic heterocycles. The van der Waals surface area contributed by atoms with Crippen molar-refractivity contribution in [2.75, 3.05) is 32.7 Å². The number of hydrogen-bond acceptors (Lipinski definition) is 3. The van der Waals surface area contributed by atoms with Gasteiger partial charge in [0.2, 0.25) is 5.91 Å². The first-order chi connectivity index (χ1) is 15.9. The Morgan fingerprint density at radius 2 is 1.88 bits per heavy atom. The molecule has 2 fully saturated rings. The van der Waals surface area contributed by atoms with Gasteiger partial charge in [-0.3, -0.25) is 9.78 Å². The minimum atomic E-state index is -0.148. The number of hydrogen-bond donors (Lipinski definition) is 1. The van der Waals surface area contributed by atoms with Crippen LogP contribution in [0.15, 0.2) is 33.3 Å². The number of fused-ring (bicyclic) bond motifs is 2. The second-order valence-electron chi connectivity index (χ2n) is 9.01. The Bertz CT molecular complexity index is 1100. The normalized spacial score (nSPS) is 20.8. The Morgan fingerprint density at radius 3 is 2.61 bits per heavy atom. The summed E-state index contributed by atoms with van der Waals surface area (Å²) in [5.41, 5.74) is 4.96. The van der Waals surface area contributed by atoms with E-state index in [0.29, 0.717) is 32.1 Å². The zero-order valence-corrected chi connectivity index (χ0v) is 22.0. The van der Waals surface area contributed by atoms with E-state index in [-0.39, 0.29) is 24.4 Å². The molecule has 1 aromatic carbocycles. The molecule has 0 spiro atoms. The number of piperidine rings is 1. The van der Waals surface area contributed by atoms with Crippen LogP contribution in [0, 0.1) is 5.92 Å². The van der Waals surface area contributed by atoms with E-state index in [2.05, 4.69) is 49.3 Å². The molecule has 1 unspecified atom stereocenters. The Morgan fingerprint density at radius 1 is 1.12 bits per heavy atom. The number of carbonyl (C=O) groups is 2. The molecule has 0 radical (unpaired) electrons. The Labute approximate surface area is 215 Å². The zero-order chi connectivity index (χ0) is 23.1. The van der Waals surface area contributed by atoms with Crippen molar-refractivity contribution in [1.29, 1.82) is 0 Å². The van der Waals surface area contributed by atoms with Gasteiger partial charge in [-0.25, -0.2) is 4.79 Å². The van der Waals surface area contributed by atoms with Gasteiger partial charge >= 0.3 is 6.03 Å². The highest BCUT2D eigenvalue weighted by molar-refractivity contribution is 9.10. The predicted octanol–water partition coefficient (Wildman–Crippen LogP) is 4.75. The molecule has 0 bridgehead atoms. The molecule has 33 heavy (non-hydrogen) atoms. The summed E-state index contributed by atoms with van der Waals surface area (Å²) in [6, 6.07) is 6.12. The number of amides is 3. The highest BCUT2D eigenvalue weighted by Crippen LogP contribution is 2.46.